The molecule has 0 bridgehead atoms. The normalized spacial score (nSPS) is 15.8. The lowest BCUT2D eigenvalue weighted by atomic mass is 10.2. The average Bonchev–Trinajstić information content (AvgIpc) is 3.10. The molecule has 2 heterocycles. The van der Waals surface area contributed by atoms with Crippen LogP contribution in [0.1, 0.15) is 11.3 Å². The number of rotatable bonds is 4. The summed E-state index contributed by atoms with van der Waals surface area (Å²) < 4.78 is 1.80. The first-order valence-electron chi connectivity index (χ1n) is 7.37. The summed E-state index contributed by atoms with van der Waals surface area (Å²) in [6.07, 6.45) is 3.29. The second-order valence-electron chi connectivity index (χ2n) is 5.51. The Balaban J connectivity index is 1.94. The van der Waals surface area contributed by atoms with Crippen LogP contribution in [-0.4, -0.2) is 39.0 Å². The van der Waals surface area contributed by atoms with E-state index in [1.807, 2.05) is 19.1 Å². The van der Waals surface area contributed by atoms with Gasteiger partial charge in [-0.05, 0) is 42.8 Å². The van der Waals surface area contributed by atoms with Crippen molar-refractivity contribution in [3.63, 3.8) is 0 Å². The van der Waals surface area contributed by atoms with Crippen molar-refractivity contribution in [2.24, 2.45) is 0 Å². The van der Waals surface area contributed by atoms with E-state index >= 15 is 0 Å². The van der Waals surface area contributed by atoms with Crippen molar-refractivity contribution in [2.45, 2.75) is 6.92 Å². The first-order valence-corrected chi connectivity index (χ1v) is 7.75. The molecule has 3 rings (SSSR count). The molecule has 0 saturated carbocycles. The fourth-order valence-electron chi connectivity index (χ4n) is 2.48. The Morgan fingerprint density at radius 1 is 1.32 bits per heavy atom. The number of amides is 3. The largest absolute Gasteiger partial charge is 0.480 e. The highest BCUT2D eigenvalue weighted by Crippen LogP contribution is 2.22. The average molecular weight is 360 g/mol. The molecule has 1 fully saturated rings. The van der Waals surface area contributed by atoms with E-state index in [-0.39, 0.29) is 5.70 Å². The SMILES string of the molecule is Cc1ccc(-n2cccc2/C=C2/NC(=O)N(CC(=O)O)C2=O)cc1Cl. The first kappa shape index (κ1) is 16.8. The van der Waals surface area contributed by atoms with Crippen LogP contribution < -0.4 is 5.32 Å². The van der Waals surface area contributed by atoms with Crippen LogP contribution in [0.15, 0.2) is 42.2 Å². The molecule has 7 nitrogen and oxygen atoms in total. The van der Waals surface area contributed by atoms with Gasteiger partial charge in [0.15, 0.2) is 0 Å². The molecule has 0 aliphatic carbocycles. The molecule has 1 aromatic carbocycles. The summed E-state index contributed by atoms with van der Waals surface area (Å²) in [5.74, 6) is -1.94. The molecule has 8 heteroatoms. The number of hydrogen-bond donors (Lipinski definition) is 2. The second-order valence-corrected chi connectivity index (χ2v) is 5.92. The number of urea groups is 1. The number of nitrogens with one attached hydrogen (secondary N) is 1. The van der Waals surface area contributed by atoms with Crippen LogP contribution in [0.25, 0.3) is 11.8 Å². The van der Waals surface area contributed by atoms with Crippen LogP contribution in [0.4, 0.5) is 4.79 Å². The Bertz CT molecular complexity index is 916. The van der Waals surface area contributed by atoms with Crippen molar-refractivity contribution >= 4 is 35.6 Å². The molecule has 3 amide bonds. The summed E-state index contributed by atoms with van der Waals surface area (Å²) >= 11 is 6.16. The van der Waals surface area contributed by atoms with Crippen LogP contribution in [-0.2, 0) is 9.59 Å². The topological polar surface area (TPSA) is 91.6 Å². The maximum absolute atomic E-state index is 12.2. The number of carbonyl (C=O) groups is 3. The zero-order chi connectivity index (χ0) is 18.1. The van der Waals surface area contributed by atoms with Crippen LogP contribution in [0.3, 0.4) is 0 Å². The number of aliphatic carboxylic acids is 1. The van der Waals surface area contributed by atoms with E-state index in [9.17, 15) is 14.4 Å². The summed E-state index contributed by atoms with van der Waals surface area (Å²) in [5.41, 5.74) is 2.40. The maximum Gasteiger partial charge on any atom is 0.329 e. The first-order chi connectivity index (χ1) is 11.9. The Hall–Kier alpha value is -3.06. The predicted octanol–water partition coefficient (Wildman–Crippen LogP) is 2.42. The number of hydrogen-bond acceptors (Lipinski definition) is 3. The summed E-state index contributed by atoms with van der Waals surface area (Å²) in [4.78, 5) is 35.4. The number of aromatic nitrogens is 1. The highest BCUT2D eigenvalue weighted by molar-refractivity contribution is 6.31. The van der Waals surface area contributed by atoms with Crippen molar-refractivity contribution in [1.82, 2.24) is 14.8 Å². The van der Waals surface area contributed by atoms with Gasteiger partial charge in [0.1, 0.15) is 12.2 Å². The van der Waals surface area contributed by atoms with Gasteiger partial charge in [-0.15, -0.1) is 0 Å². The van der Waals surface area contributed by atoms with Gasteiger partial charge in [0.2, 0.25) is 0 Å². The fourth-order valence-corrected chi connectivity index (χ4v) is 2.65. The van der Waals surface area contributed by atoms with Gasteiger partial charge in [0.05, 0.1) is 0 Å². The highest BCUT2D eigenvalue weighted by Gasteiger charge is 2.35. The fraction of sp³-hybridized carbons (Fsp3) is 0.118. The molecule has 1 saturated heterocycles. The number of carboxylic acids is 1. The van der Waals surface area contributed by atoms with Gasteiger partial charge in [-0.2, -0.15) is 0 Å². The van der Waals surface area contributed by atoms with Crippen LogP contribution in [0.2, 0.25) is 5.02 Å². The summed E-state index contributed by atoms with van der Waals surface area (Å²) in [7, 11) is 0. The van der Waals surface area contributed by atoms with E-state index < -0.39 is 24.5 Å². The molecule has 1 aliphatic heterocycles. The number of imide groups is 1. The monoisotopic (exact) mass is 359 g/mol. The zero-order valence-electron chi connectivity index (χ0n) is 13.2. The van der Waals surface area contributed by atoms with Gasteiger partial charge in [0.25, 0.3) is 5.91 Å². The number of nitrogens with zero attached hydrogens (tertiary/aromatic N) is 2. The van der Waals surface area contributed by atoms with Crippen LogP contribution in [0.5, 0.6) is 0 Å². The number of benzene rings is 1. The van der Waals surface area contributed by atoms with E-state index in [1.54, 1.807) is 29.0 Å². The van der Waals surface area contributed by atoms with Crippen molar-refractivity contribution in [3.8, 4) is 5.69 Å². The van der Waals surface area contributed by atoms with Crippen molar-refractivity contribution in [3.05, 3.63) is 58.5 Å². The summed E-state index contributed by atoms with van der Waals surface area (Å²) in [6.45, 7) is 1.21. The third kappa shape index (κ3) is 3.27. The number of halogens is 1. The van der Waals surface area contributed by atoms with E-state index in [2.05, 4.69) is 5.32 Å². The van der Waals surface area contributed by atoms with Crippen LogP contribution >= 0.6 is 11.6 Å². The molecular formula is C17H14ClN3O4. The Morgan fingerprint density at radius 3 is 2.76 bits per heavy atom. The van der Waals surface area contributed by atoms with Gasteiger partial charge >= 0.3 is 12.0 Å². The molecular weight excluding hydrogens is 346 g/mol. The van der Waals surface area contributed by atoms with Crippen LogP contribution in [0, 0.1) is 6.92 Å². The Kier molecular flexibility index (Phi) is 4.33. The van der Waals surface area contributed by atoms with E-state index in [1.165, 1.54) is 6.08 Å². The maximum atomic E-state index is 12.2. The standard InChI is InChI=1S/C17H14ClN3O4/c1-10-4-5-12(7-13(10)18)20-6-2-3-11(20)8-14-16(24)21(9-15(22)23)17(25)19-14/h2-8H,9H2,1H3,(H,19,25)(H,22,23)/b14-8+. The minimum Gasteiger partial charge on any atom is -0.480 e. The van der Waals surface area contributed by atoms with Crippen molar-refractivity contribution < 1.29 is 19.5 Å². The number of aryl methyl sites for hydroxylation is 1. The Labute approximate surface area is 148 Å². The number of carbonyl (C=O) groups excluding carboxylic acids is 2. The lowest BCUT2D eigenvalue weighted by Crippen LogP contribution is -2.35. The third-order valence-corrected chi connectivity index (χ3v) is 4.17. The van der Waals surface area contributed by atoms with Crippen molar-refractivity contribution in [1.29, 1.82) is 0 Å². The molecule has 2 N–H and O–H groups in total. The molecule has 2 aromatic rings. The lowest BCUT2D eigenvalue weighted by molar-refractivity contribution is -0.140. The van der Waals surface area contributed by atoms with Gasteiger partial charge in [-0.25, -0.2) is 9.69 Å². The van der Waals surface area contributed by atoms with Gasteiger partial charge < -0.3 is 15.0 Å². The third-order valence-electron chi connectivity index (χ3n) is 3.76. The summed E-state index contributed by atoms with van der Waals surface area (Å²) in [6, 6.07) is 8.36. The molecule has 1 aliphatic rings. The molecule has 0 radical (unpaired) electrons. The molecule has 0 spiro atoms. The van der Waals surface area contributed by atoms with Gasteiger partial charge in [0, 0.05) is 22.6 Å². The minimum absolute atomic E-state index is 0.0180. The van der Waals surface area contributed by atoms with Gasteiger partial charge in [-0.3, -0.25) is 9.59 Å². The number of carboxylic acid groups (broad SMARTS) is 1. The van der Waals surface area contributed by atoms with Gasteiger partial charge in [-0.1, -0.05) is 17.7 Å². The minimum atomic E-state index is -1.26. The second kappa shape index (κ2) is 6.45. The predicted molar refractivity (Wildman–Crippen MR) is 91.4 cm³/mol. The van der Waals surface area contributed by atoms with Crippen molar-refractivity contribution in [2.75, 3.05) is 6.54 Å². The molecule has 25 heavy (non-hydrogen) atoms. The molecule has 0 unspecified atom stereocenters. The quantitative estimate of drug-likeness (QED) is 0.647. The van der Waals surface area contributed by atoms with E-state index in [0.717, 1.165) is 11.3 Å². The highest BCUT2D eigenvalue weighted by atomic mass is 35.5. The smallest absolute Gasteiger partial charge is 0.329 e. The summed E-state index contributed by atoms with van der Waals surface area (Å²) in [5, 5.41) is 11.8. The lowest BCUT2D eigenvalue weighted by Gasteiger charge is -2.09. The van der Waals surface area contributed by atoms with E-state index in [4.69, 9.17) is 16.7 Å². The molecule has 128 valence electrons. The molecule has 0 atom stereocenters. The molecule has 1 aromatic heterocycles. The zero-order valence-corrected chi connectivity index (χ0v) is 13.9. The van der Waals surface area contributed by atoms with E-state index in [0.29, 0.717) is 15.6 Å². The Morgan fingerprint density at radius 2 is 2.08 bits per heavy atom.